The molecule has 4 heteroatoms. The highest BCUT2D eigenvalue weighted by molar-refractivity contribution is 9.10. The summed E-state index contributed by atoms with van der Waals surface area (Å²) in [6.45, 7) is 1.96. The number of amidine groups is 1. The number of nitrogens with zero attached hydrogens (tertiary/aromatic N) is 1. The van der Waals surface area contributed by atoms with Crippen LogP contribution in [0.5, 0.6) is 0 Å². The number of aliphatic imine (C=N–C) groups is 1. The molecule has 0 unspecified atom stereocenters. The molecule has 0 atom stereocenters. The summed E-state index contributed by atoms with van der Waals surface area (Å²) in [5.41, 5.74) is 8.75. The first kappa shape index (κ1) is 13.1. The van der Waals surface area contributed by atoms with E-state index < -0.39 is 0 Å². The second-order valence-electron chi connectivity index (χ2n) is 3.93. The predicted molar refractivity (Wildman–Crippen MR) is 80.7 cm³/mol. The van der Waals surface area contributed by atoms with E-state index >= 15 is 0 Å². The fraction of sp³-hybridized carbons (Fsp3) is 0.0714. The molecule has 0 aromatic heterocycles. The van der Waals surface area contributed by atoms with Gasteiger partial charge in [-0.3, -0.25) is 0 Å². The van der Waals surface area contributed by atoms with Crippen molar-refractivity contribution < 1.29 is 0 Å². The molecule has 0 amide bonds. The molecule has 0 saturated carbocycles. The van der Waals surface area contributed by atoms with Crippen LogP contribution in [0.3, 0.4) is 0 Å². The molecular weight excluding hydrogens is 312 g/mol. The van der Waals surface area contributed by atoms with Crippen molar-refractivity contribution in [2.45, 2.75) is 6.92 Å². The monoisotopic (exact) mass is 322 g/mol. The highest BCUT2D eigenvalue weighted by Gasteiger charge is 2.03. The molecule has 0 aliphatic heterocycles. The van der Waals surface area contributed by atoms with E-state index in [2.05, 4.69) is 20.9 Å². The lowest BCUT2D eigenvalue weighted by Gasteiger charge is -2.05. The normalized spacial score (nSPS) is 11.6. The maximum Gasteiger partial charge on any atom is 0.131 e. The summed E-state index contributed by atoms with van der Waals surface area (Å²) in [6, 6.07) is 13.2. The summed E-state index contributed by atoms with van der Waals surface area (Å²) < 4.78 is 1.02. The molecule has 0 heterocycles. The molecule has 0 saturated heterocycles. The van der Waals surface area contributed by atoms with Gasteiger partial charge in [-0.25, -0.2) is 4.99 Å². The number of hydrogen-bond donors (Lipinski definition) is 1. The van der Waals surface area contributed by atoms with E-state index in [1.807, 2.05) is 49.4 Å². The van der Waals surface area contributed by atoms with Crippen molar-refractivity contribution >= 4 is 39.1 Å². The summed E-state index contributed by atoms with van der Waals surface area (Å²) in [6.07, 6.45) is 0. The Labute approximate surface area is 120 Å². The third kappa shape index (κ3) is 3.12. The van der Waals surface area contributed by atoms with Crippen molar-refractivity contribution in [2.24, 2.45) is 10.7 Å². The Morgan fingerprint density at radius 3 is 2.44 bits per heavy atom. The van der Waals surface area contributed by atoms with Gasteiger partial charge in [0.25, 0.3) is 0 Å². The fourth-order valence-corrected chi connectivity index (χ4v) is 2.12. The maximum atomic E-state index is 6.01. The van der Waals surface area contributed by atoms with Crippen molar-refractivity contribution in [2.75, 3.05) is 0 Å². The Kier molecular flexibility index (Phi) is 4.04. The van der Waals surface area contributed by atoms with Gasteiger partial charge in [0.2, 0.25) is 0 Å². The van der Waals surface area contributed by atoms with E-state index in [1.54, 1.807) is 0 Å². The van der Waals surface area contributed by atoms with Crippen LogP contribution in [-0.4, -0.2) is 5.84 Å². The molecule has 0 spiro atoms. The molecule has 0 aliphatic rings. The average Bonchev–Trinajstić information content (AvgIpc) is 2.32. The number of rotatable bonds is 2. The third-order valence-corrected chi connectivity index (χ3v) is 3.30. The van der Waals surface area contributed by atoms with E-state index in [0.29, 0.717) is 10.9 Å². The first-order valence-corrected chi connectivity index (χ1v) is 6.59. The van der Waals surface area contributed by atoms with Crippen LogP contribution in [0, 0.1) is 6.92 Å². The SMILES string of the molecule is Cc1cc(Cl)ccc1C(N)=Nc1ccc(Br)cc1. The summed E-state index contributed by atoms with van der Waals surface area (Å²) in [7, 11) is 0. The summed E-state index contributed by atoms with van der Waals surface area (Å²) in [4.78, 5) is 4.39. The molecule has 0 radical (unpaired) electrons. The second-order valence-corrected chi connectivity index (χ2v) is 5.28. The van der Waals surface area contributed by atoms with E-state index in [0.717, 1.165) is 21.3 Å². The van der Waals surface area contributed by atoms with Crippen molar-refractivity contribution in [1.29, 1.82) is 0 Å². The smallest absolute Gasteiger partial charge is 0.131 e. The van der Waals surface area contributed by atoms with Crippen LogP contribution in [0.25, 0.3) is 0 Å². The fourth-order valence-electron chi connectivity index (χ4n) is 1.63. The van der Waals surface area contributed by atoms with Crippen molar-refractivity contribution in [3.63, 3.8) is 0 Å². The molecule has 2 nitrogen and oxygen atoms in total. The first-order chi connectivity index (χ1) is 8.56. The quantitative estimate of drug-likeness (QED) is 0.643. The van der Waals surface area contributed by atoms with Crippen LogP contribution in [0.15, 0.2) is 51.9 Å². The van der Waals surface area contributed by atoms with Crippen molar-refractivity contribution in [3.05, 3.63) is 63.1 Å². The highest BCUT2D eigenvalue weighted by Crippen LogP contribution is 2.19. The van der Waals surface area contributed by atoms with Gasteiger partial charge in [0.05, 0.1) is 5.69 Å². The molecule has 2 aromatic rings. The molecule has 2 rings (SSSR count). The Bertz CT molecular complexity index is 591. The number of hydrogen-bond acceptors (Lipinski definition) is 1. The molecule has 0 bridgehead atoms. The van der Waals surface area contributed by atoms with Gasteiger partial charge >= 0.3 is 0 Å². The second kappa shape index (κ2) is 5.55. The van der Waals surface area contributed by atoms with Gasteiger partial charge in [-0.15, -0.1) is 0 Å². The van der Waals surface area contributed by atoms with Gasteiger partial charge in [-0.2, -0.15) is 0 Å². The van der Waals surface area contributed by atoms with Gasteiger partial charge in [0.1, 0.15) is 5.84 Å². The number of aryl methyl sites for hydroxylation is 1. The van der Waals surface area contributed by atoms with Gasteiger partial charge < -0.3 is 5.73 Å². The largest absolute Gasteiger partial charge is 0.383 e. The Morgan fingerprint density at radius 1 is 1.17 bits per heavy atom. The zero-order valence-electron chi connectivity index (χ0n) is 9.82. The van der Waals surface area contributed by atoms with Crippen LogP contribution in [0.2, 0.25) is 5.02 Å². The molecule has 18 heavy (non-hydrogen) atoms. The Balaban J connectivity index is 2.35. The molecule has 0 aliphatic carbocycles. The zero-order valence-corrected chi connectivity index (χ0v) is 12.2. The van der Waals surface area contributed by atoms with E-state index in [4.69, 9.17) is 17.3 Å². The van der Waals surface area contributed by atoms with Gasteiger partial charge in [-0.1, -0.05) is 27.5 Å². The van der Waals surface area contributed by atoms with Crippen LogP contribution >= 0.6 is 27.5 Å². The average molecular weight is 324 g/mol. The minimum atomic E-state index is 0.492. The van der Waals surface area contributed by atoms with Crippen molar-refractivity contribution in [3.8, 4) is 0 Å². The lowest BCUT2D eigenvalue weighted by Crippen LogP contribution is -2.14. The van der Waals surface area contributed by atoms with E-state index in [9.17, 15) is 0 Å². The topological polar surface area (TPSA) is 38.4 Å². The van der Waals surface area contributed by atoms with E-state index in [1.165, 1.54) is 0 Å². The minimum Gasteiger partial charge on any atom is -0.383 e. The molecule has 92 valence electrons. The van der Waals surface area contributed by atoms with Crippen LogP contribution in [-0.2, 0) is 0 Å². The molecule has 0 fully saturated rings. The van der Waals surface area contributed by atoms with E-state index in [-0.39, 0.29) is 0 Å². The van der Waals surface area contributed by atoms with Gasteiger partial charge in [0.15, 0.2) is 0 Å². The molecular formula is C14H12BrClN2. The molecule has 2 N–H and O–H groups in total. The number of halogens is 2. The predicted octanol–water partition coefficient (Wildman–Crippen LogP) is 4.45. The maximum absolute atomic E-state index is 6.01. The van der Waals surface area contributed by atoms with Crippen molar-refractivity contribution in [1.82, 2.24) is 0 Å². The highest BCUT2D eigenvalue weighted by atomic mass is 79.9. The first-order valence-electron chi connectivity index (χ1n) is 5.42. The van der Waals surface area contributed by atoms with Crippen LogP contribution in [0.1, 0.15) is 11.1 Å². The molecule has 2 aromatic carbocycles. The Morgan fingerprint density at radius 2 is 1.83 bits per heavy atom. The standard InChI is InChI=1S/C14H12BrClN2/c1-9-8-11(16)4-7-13(9)14(17)18-12-5-2-10(15)3-6-12/h2-8H,1H3,(H2,17,18). The summed E-state index contributed by atoms with van der Waals surface area (Å²) >= 11 is 9.30. The Hall–Kier alpha value is -1.32. The van der Waals surface area contributed by atoms with Crippen LogP contribution < -0.4 is 5.73 Å². The third-order valence-electron chi connectivity index (χ3n) is 2.54. The lowest BCUT2D eigenvalue weighted by molar-refractivity contribution is 1.39. The lowest BCUT2D eigenvalue weighted by atomic mass is 10.1. The van der Waals surface area contributed by atoms with Gasteiger partial charge in [-0.05, 0) is 55.0 Å². The minimum absolute atomic E-state index is 0.492. The number of benzene rings is 2. The van der Waals surface area contributed by atoms with Crippen LogP contribution in [0.4, 0.5) is 5.69 Å². The summed E-state index contributed by atoms with van der Waals surface area (Å²) in [5, 5.41) is 0.702. The zero-order chi connectivity index (χ0) is 13.1. The summed E-state index contributed by atoms with van der Waals surface area (Å²) in [5.74, 6) is 0.492. The number of nitrogens with two attached hydrogens (primary N) is 1. The van der Waals surface area contributed by atoms with Gasteiger partial charge in [0, 0.05) is 15.1 Å².